The topological polar surface area (TPSA) is 38.0 Å². The first kappa shape index (κ1) is 12.8. The number of nitrogens with two attached hydrogens (primary N) is 1. The second-order valence-electron chi connectivity index (χ2n) is 4.05. The van der Waals surface area contributed by atoms with Crippen LogP contribution in [0.2, 0.25) is 0 Å². The molecule has 0 spiro atoms. The summed E-state index contributed by atoms with van der Waals surface area (Å²) in [6, 6.07) is 4.67. The van der Waals surface area contributed by atoms with Crippen molar-refractivity contribution in [2.24, 2.45) is 5.84 Å². The minimum Gasteiger partial charge on any atom is -0.271 e. The second kappa shape index (κ2) is 6.31. The number of aryl methyl sites for hydroxylation is 2. The molecule has 0 saturated carbocycles. The van der Waals surface area contributed by atoms with E-state index in [-0.39, 0.29) is 6.04 Å². The molecule has 0 saturated heterocycles. The fourth-order valence-electron chi connectivity index (χ4n) is 1.98. The first-order chi connectivity index (χ1) is 8.35. The highest BCUT2D eigenvalue weighted by Gasteiger charge is 2.14. The quantitative estimate of drug-likeness (QED) is 0.620. The highest BCUT2D eigenvalue weighted by atomic mass is 32.1. The summed E-state index contributed by atoms with van der Waals surface area (Å²) in [6.07, 6.45) is 3.22. The summed E-state index contributed by atoms with van der Waals surface area (Å²) in [4.78, 5) is 1.39. The number of nitrogens with one attached hydrogen (secondary N) is 1. The van der Waals surface area contributed by atoms with Gasteiger partial charge in [-0.05, 0) is 58.7 Å². The second-order valence-corrected chi connectivity index (χ2v) is 5.78. The molecule has 0 bridgehead atoms. The van der Waals surface area contributed by atoms with Gasteiger partial charge in [-0.3, -0.25) is 11.3 Å². The predicted octanol–water partition coefficient (Wildman–Crippen LogP) is 3.51. The lowest BCUT2D eigenvalue weighted by atomic mass is 10.0. The number of thiophene rings is 2. The minimum absolute atomic E-state index is 0.282. The van der Waals surface area contributed by atoms with Gasteiger partial charge in [0.15, 0.2) is 0 Å². The number of hydrazine groups is 1. The van der Waals surface area contributed by atoms with Gasteiger partial charge in [-0.25, -0.2) is 0 Å². The van der Waals surface area contributed by atoms with Crippen LogP contribution in [-0.2, 0) is 12.8 Å². The zero-order valence-electron chi connectivity index (χ0n) is 9.98. The standard InChI is InChI=1S/C13H18N2S2/c1-2-11-6-8-17-13(11)12(15-14)4-3-10-5-7-16-9-10/h5-9,12,15H,2-4,14H2,1H3. The van der Waals surface area contributed by atoms with Crippen molar-refractivity contribution in [3.05, 3.63) is 44.3 Å². The summed E-state index contributed by atoms with van der Waals surface area (Å²) < 4.78 is 0. The summed E-state index contributed by atoms with van der Waals surface area (Å²) in [5.74, 6) is 5.69. The fraction of sp³-hybridized carbons (Fsp3) is 0.385. The van der Waals surface area contributed by atoms with Crippen LogP contribution >= 0.6 is 22.7 Å². The van der Waals surface area contributed by atoms with Crippen LogP contribution in [0, 0.1) is 0 Å². The van der Waals surface area contributed by atoms with E-state index in [9.17, 15) is 0 Å². The first-order valence-corrected chi connectivity index (χ1v) is 7.70. The van der Waals surface area contributed by atoms with Gasteiger partial charge in [-0.1, -0.05) is 6.92 Å². The van der Waals surface area contributed by atoms with Gasteiger partial charge in [0.05, 0.1) is 6.04 Å². The lowest BCUT2D eigenvalue weighted by Crippen LogP contribution is -2.28. The van der Waals surface area contributed by atoms with Gasteiger partial charge in [0.2, 0.25) is 0 Å². The molecule has 0 radical (unpaired) electrons. The molecule has 2 aromatic rings. The summed E-state index contributed by atoms with van der Waals surface area (Å²) in [7, 11) is 0. The van der Waals surface area contributed by atoms with Crippen LogP contribution in [0.25, 0.3) is 0 Å². The average Bonchev–Trinajstić information content (AvgIpc) is 3.00. The Hall–Kier alpha value is -0.680. The van der Waals surface area contributed by atoms with E-state index >= 15 is 0 Å². The van der Waals surface area contributed by atoms with Crippen LogP contribution < -0.4 is 11.3 Å². The molecule has 0 aromatic carbocycles. The van der Waals surface area contributed by atoms with Gasteiger partial charge >= 0.3 is 0 Å². The van der Waals surface area contributed by atoms with E-state index in [1.54, 1.807) is 22.7 Å². The smallest absolute Gasteiger partial charge is 0.0559 e. The van der Waals surface area contributed by atoms with Crippen LogP contribution in [0.3, 0.4) is 0 Å². The van der Waals surface area contributed by atoms with Crippen LogP contribution in [0.1, 0.15) is 35.4 Å². The van der Waals surface area contributed by atoms with E-state index in [1.165, 1.54) is 16.0 Å². The van der Waals surface area contributed by atoms with Crippen molar-refractivity contribution in [1.29, 1.82) is 0 Å². The Labute approximate surface area is 110 Å². The summed E-state index contributed by atoms with van der Waals surface area (Å²) in [5, 5.41) is 6.49. The molecule has 4 heteroatoms. The molecule has 2 nitrogen and oxygen atoms in total. The molecule has 0 amide bonds. The third kappa shape index (κ3) is 3.16. The largest absolute Gasteiger partial charge is 0.271 e. The number of rotatable bonds is 6. The van der Waals surface area contributed by atoms with Crippen LogP contribution in [0.4, 0.5) is 0 Å². The van der Waals surface area contributed by atoms with Gasteiger partial charge in [-0.2, -0.15) is 11.3 Å². The molecule has 2 heterocycles. The Morgan fingerprint density at radius 1 is 1.35 bits per heavy atom. The minimum atomic E-state index is 0.282. The van der Waals surface area contributed by atoms with Crippen molar-refractivity contribution < 1.29 is 0 Å². The normalized spacial score (nSPS) is 12.8. The molecule has 0 fully saturated rings. The SMILES string of the molecule is CCc1ccsc1C(CCc1ccsc1)NN. The third-order valence-electron chi connectivity index (χ3n) is 2.98. The molecule has 2 aromatic heterocycles. The third-order valence-corrected chi connectivity index (χ3v) is 4.79. The van der Waals surface area contributed by atoms with E-state index in [0.29, 0.717) is 0 Å². The van der Waals surface area contributed by atoms with Crippen LogP contribution in [0.15, 0.2) is 28.3 Å². The molecular weight excluding hydrogens is 248 g/mol. The van der Waals surface area contributed by atoms with Crippen molar-refractivity contribution in [2.75, 3.05) is 0 Å². The van der Waals surface area contributed by atoms with Gasteiger partial charge in [0.25, 0.3) is 0 Å². The molecule has 1 atom stereocenters. The van der Waals surface area contributed by atoms with E-state index < -0.39 is 0 Å². The van der Waals surface area contributed by atoms with Crippen LogP contribution in [0.5, 0.6) is 0 Å². The lowest BCUT2D eigenvalue weighted by Gasteiger charge is -2.15. The van der Waals surface area contributed by atoms with Gasteiger partial charge in [0.1, 0.15) is 0 Å². The highest BCUT2D eigenvalue weighted by molar-refractivity contribution is 7.10. The molecule has 17 heavy (non-hydrogen) atoms. The van der Waals surface area contributed by atoms with E-state index in [4.69, 9.17) is 5.84 Å². The first-order valence-electron chi connectivity index (χ1n) is 5.88. The lowest BCUT2D eigenvalue weighted by molar-refractivity contribution is 0.521. The molecule has 0 aliphatic carbocycles. The zero-order valence-corrected chi connectivity index (χ0v) is 11.6. The van der Waals surface area contributed by atoms with Crippen LogP contribution in [-0.4, -0.2) is 0 Å². The maximum Gasteiger partial charge on any atom is 0.0559 e. The Morgan fingerprint density at radius 3 is 2.88 bits per heavy atom. The van der Waals surface area contributed by atoms with Crippen molar-refractivity contribution in [1.82, 2.24) is 5.43 Å². The molecule has 1 unspecified atom stereocenters. The van der Waals surface area contributed by atoms with E-state index in [0.717, 1.165) is 19.3 Å². The van der Waals surface area contributed by atoms with E-state index in [2.05, 4.69) is 40.6 Å². The van der Waals surface area contributed by atoms with Crippen molar-refractivity contribution >= 4 is 22.7 Å². The van der Waals surface area contributed by atoms with Crippen molar-refractivity contribution in [2.45, 2.75) is 32.2 Å². The Morgan fingerprint density at radius 2 is 2.24 bits per heavy atom. The van der Waals surface area contributed by atoms with Gasteiger partial charge in [-0.15, -0.1) is 11.3 Å². The highest BCUT2D eigenvalue weighted by Crippen LogP contribution is 2.28. The zero-order chi connectivity index (χ0) is 12.1. The maximum absolute atomic E-state index is 5.69. The molecule has 0 aliphatic rings. The summed E-state index contributed by atoms with van der Waals surface area (Å²) in [5.41, 5.74) is 5.78. The maximum atomic E-state index is 5.69. The van der Waals surface area contributed by atoms with Crippen molar-refractivity contribution in [3.8, 4) is 0 Å². The van der Waals surface area contributed by atoms with Gasteiger partial charge in [0, 0.05) is 4.88 Å². The number of hydrogen-bond acceptors (Lipinski definition) is 4. The summed E-state index contributed by atoms with van der Waals surface area (Å²) in [6.45, 7) is 2.19. The van der Waals surface area contributed by atoms with E-state index in [1.807, 2.05) is 0 Å². The average molecular weight is 266 g/mol. The Kier molecular flexibility index (Phi) is 4.74. The molecular formula is C13H18N2S2. The monoisotopic (exact) mass is 266 g/mol. The molecule has 0 aliphatic heterocycles. The van der Waals surface area contributed by atoms with Crippen molar-refractivity contribution in [3.63, 3.8) is 0 Å². The Bertz CT molecular complexity index is 434. The Balaban J connectivity index is 2.01. The molecule has 92 valence electrons. The molecule has 2 rings (SSSR count). The summed E-state index contributed by atoms with van der Waals surface area (Å²) >= 11 is 3.56. The number of hydrogen-bond donors (Lipinski definition) is 2. The fourth-order valence-corrected chi connectivity index (χ4v) is 3.78. The van der Waals surface area contributed by atoms with Gasteiger partial charge < -0.3 is 0 Å². The predicted molar refractivity (Wildman–Crippen MR) is 76.4 cm³/mol. The molecule has 3 N–H and O–H groups in total.